The monoisotopic (exact) mass is 702 g/mol. The van der Waals surface area contributed by atoms with E-state index in [2.05, 4.69) is 174 Å². The summed E-state index contributed by atoms with van der Waals surface area (Å²) in [6.45, 7) is 0. The minimum Gasteiger partial charge on any atom is -0.309 e. The van der Waals surface area contributed by atoms with Gasteiger partial charge in [-0.3, -0.25) is 0 Å². The molecule has 0 bridgehead atoms. The number of benzene rings is 8. The normalized spacial score (nSPS) is 11.3. The van der Waals surface area contributed by atoms with E-state index in [0.29, 0.717) is 17.5 Å². The van der Waals surface area contributed by atoms with Crippen LogP contribution in [0.2, 0.25) is 0 Å². The van der Waals surface area contributed by atoms with Crippen LogP contribution in [0.15, 0.2) is 206 Å². The molecule has 10 aromatic rings. The van der Waals surface area contributed by atoms with Crippen LogP contribution in [0.4, 0.5) is 0 Å². The first-order chi connectivity index (χ1) is 27.2. The molecule has 10 rings (SSSR count). The Hall–Kier alpha value is -7.43. The standard InChI is InChI=1S/C51H34N4/c1-5-14-35(15-6-1)40-22-13-23-43(32-40)51-53-49(38-20-11-4-12-21-38)52-50(54-51)39-24-28-44(29-25-39)55-47-30-26-41(36-16-7-2-8-17-36)33-45(47)46-34-42(27-31-48(46)55)37-18-9-3-10-19-37/h1-34H. The average Bonchev–Trinajstić information content (AvgIpc) is 3.60. The van der Waals surface area contributed by atoms with Gasteiger partial charge in [0.2, 0.25) is 0 Å². The predicted molar refractivity (Wildman–Crippen MR) is 227 cm³/mol. The second kappa shape index (κ2) is 13.8. The Morgan fingerprint density at radius 2 is 0.600 bits per heavy atom. The molecule has 0 radical (unpaired) electrons. The Bertz CT molecular complexity index is 2840. The highest BCUT2D eigenvalue weighted by molar-refractivity contribution is 6.11. The highest BCUT2D eigenvalue weighted by Gasteiger charge is 2.17. The van der Waals surface area contributed by atoms with Crippen LogP contribution in [-0.2, 0) is 0 Å². The molecule has 0 spiro atoms. The van der Waals surface area contributed by atoms with E-state index in [1.807, 2.05) is 36.4 Å². The van der Waals surface area contributed by atoms with Crippen molar-refractivity contribution in [2.75, 3.05) is 0 Å². The third-order valence-electron chi connectivity index (χ3n) is 10.3. The summed E-state index contributed by atoms with van der Waals surface area (Å²) in [6.07, 6.45) is 0. The molecule has 55 heavy (non-hydrogen) atoms. The molecule has 258 valence electrons. The van der Waals surface area contributed by atoms with Crippen LogP contribution in [0.25, 0.3) is 95.0 Å². The molecule has 0 N–H and O–H groups in total. The maximum Gasteiger partial charge on any atom is 0.164 e. The average molecular weight is 703 g/mol. The zero-order chi connectivity index (χ0) is 36.6. The van der Waals surface area contributed by atoms with Gasteiger partial charge < -0.3 is 4.57 Å². The van der Waals surface area contributed by atoms with E-state index in [4.69, 9.17) is 15.0 Å². The fourth-order valence-corrected chi connectivity index (χ4v) is 7.50. The molecule has 2 aromatic heterocycles. The van der Waals surface area contributed by atoms with Gasteiger partial charge in [0.1, 0.15) is 0 Å². The van der Waals surface area contributed by atoms with Crippen molar-refractivity contribution in [3.05, 3.63) is 206 Å². The summed E-state index contributed by atoms with van der Waals surface area (Å²) in [7, 11) is 0. The lowest BCUT2D eigenvalue weighted by Gasteiger charge is -2.11. The van der Waals surface area contributed by atoms with E-state index < -0.39 is 0 Å². The lowest BCUT2D eigenvalue weighted by molar-refractivity contribution is 1.07. The molecule has 8 aromatic carbocycles. The molecule has 0 aliphatic heterocycles. The first-order valence-corrected chi connectivity index (χ1v) is 18.5. The van der Waals surface area contributed by atoms with E-state index in [1.165, 1.54) is 33.0 Å². The fraction of sp³-hybridized carbons (Fsp3) is 0. The summed E-state index contributed by atoms with van der Waals surface area (Å²) >= 11 is 0. The van der Waals surface area contributed by atoms with Gasteiger partial charge in [-0.2, -0.15) is 0 Å². The number of hydrogen-bond acceptors (Lipinski definition) is 3. The smallest absolute Gasteiger partial charge is 0.164 e. The SMILES string of the molecule is c1ccc(-c2cccc(-c3nc(-c4ccccc4)nc(-c4ccc(-n5c6ccc(-c7ccccc7)cc6c6cc(-c7ccccc7)ccc65)cc4)n3)c2)cc1. The molecule has 4 heteroatoms. The van der Waals surface area contributed by atoms with E-state index in [0.717, 1.165) is 44.5 Å². The second-order valence-electron chi connectivity index (χ2n) is 13.7. The lowest BCUT2D eigenvalue weighted by Crippen LogP contribution is -2.00. The largest absolute Gasteiger partial charge is 0.309 e. The Labute approximate surface area is 319 Å². The van der Waals surface area contributed by atoms with Crippen molar-refractivity contribution in [1.29, 1.82) is 0 Å². The number of hydrogen-bond donors (Lipinski definition) is 0. The van der Waals surface area contributed by atoms with Gasteiger partial charge in [-0.05, 0) is 88.0 Å². The van der Waals surface area contributed by atoms with Crippen LogP contribution in [0, 0.1) is 0 Å². The van der Waals surface area contributed by atoms with E-state index >= 15 is 0 Å². The quantitative estimate of drug-likeness (QED) is 0.166. The highest BCUT2D eigenvalue weighted by Crippen LogP contribution is 2.38. The van der Waals surface area contributed by atoms with Gasteiger partial charge in [-0.15, -0.1) is 0 Å². The highest BCUT2D eigenvalue weighted by atomic mass is 15.0. The van der Waals surface area contributed by atoms with Crippen molar-refractivity contribution in [3.8, 4) is 73.2 Å². The Morgan fingerprint density at radius 3 is 1.07 bits per heavy atom. The molecule has 0 saturated carbocycles. The summed E-state index contributed by atoms with van der Waals surface area (Å²) in [4.78, 5) is 15.1. The summed E-state index contributed by atoms with van der Waals surface area (Å²) in [5.41, 5.74) is 13.2. The molecule has 0 saturated heterocycles. The topological polar surface area (TPSA) is 43.6 Å². The van der Waals surface area contributed by atoms with Gasteiger partial charge in [-0.25, -0.2) is 15.0 Å². The van der Waals surface area contributed by atoms with E-state index in [1.54, 1.807) is 0 Å². The molecular formula is C51H34N4. The van der Waals surface area contributed by atoms with Gasteiger partial charge in [-0.1, -0.05) is 152 Å². The maximum atomic E-state index is 5.07. The Balaban J connectivity index is 1.10. The first-order valence-electron chi connectivity index (χ1n) is 18.5. The van der Waals surface area contributed by atoms with Crippen molar-refractivity contribution in [1.82, 2.24) is 19.5 Å². The summed E-state index contributed by atoms with van der Waals surface area (Å²) in [5.74, 6) is 1.90. The number of rotatable bonds is 7. The van der Waals surface area contributed by atoms with Crippen LogP contribution in [-0.4, -0.2) is 19.5 Å². The van der Waals surface area contributed by atoms with Crippen LogP contribution in [0.5, 0.6) is 0 Å². The summed E-state index contributed by atoms with van der Waals surface area (Å²) in [5, 5.41) is 2.43. The van der Waals surface area contributed by atoms with Gasteiger partial charge in [0.05, 0.1) is 11.0 Å². The molecule has 0 aliphatic rings. The summed E-state index contributed by atoms with van der Waals surface area (Å²) < 4.78 is 2.36. The van der Waals surface area contributed by atoms with Gasteiger partial charge in [0.15, 0.2) is 17.5 Å². The predicted octanol–water partition coefficient (Wildman–Crippen LogP) is 13.0. The van der Waals surface area contributed by atoms with Gasteiger partial charge in [0.25, 0.3) is 0 Å². The molecule has 0 amide bonds. The molecule has 2 heterocycles. The van der Waals surface area contributed by atoms with E-state index in [9.17, 15) is 0 Å². The fourth-order valence-electron chi connectivity index (χ4n) is 7.50. The number of nitrogens with zero attached hydrogens (tertiary/aromatic N) is 4. The summed E-state index contributed by atoms with van der Waals surface area (Å²) in [6, 6.07) is 72.3. The molecule has 0 unspecified atom stereocenters. The Kier molecular flexibility index (Phi) is 8.12. The van der Waals surface area contributed by atoms with Crippen molar-refractivity contribution in [2.24, 2.45) is 0 Å². The zero-order valence-corrected chi connectivity index (χ0v) is 29.9. The van der Waals surface area contributed by atoms with Crippen molar-refractivity contribution in [3.63, 3.8) is 0 Å². The molecular weight excluding hydrogens is 669 g/mol. The van der Waals surface area contributed by atoms with Crippen LogP contribution < -0.4 is 0 Å². The maximum absolute atomic E-state index is 5.07. The molecule has 0 fully saturated rings. The van der Waals surface area contributed by atoms with Crippen molar-refractivity contribution >= 4 is 21.8 Å². The Morgan fingerprint density at radius 1 is 0.255 bits per heavy atom. The minimum absolute atomic E-state index is 0.628. The third-order valence-corrected chi connectivity index (χ3v) is 10.3. The number of fused-ring (bicyclic) bond motifs is 3. The molecule has 4 nitrogen and oxygen atoms in total. The first kappa shape index (κ1) is 32.2. The van der Waals surface area contributed by atoms with Crippen molar-refractivity contribution in [2.45, 2.75) is 0 Å². The van der Waals surface area contributed by atoms with Gasteiger partial charge in [0, 0.05) is 33.2 Å². The van der Waals surface area contributed by atoms with Crippen LogP contribution in [0.3, 0.4) is 0 Å². The second-order valence-corrected chi connectivity index (χ2v) is 13.7. The molecule has 0 aliphatic carbocycles. The van der Waals surface area contributed by atoms with E-state index in [-0.39, 0.29) is 0 Å². The zero-order valence-electron chi connectivity index (χ0n) is 29.9. The van der Waals surface area contributed by atoms with Crippen LogP contribution in [0.1, 0.15) is 0 Å². The third kappa shape index (κ3) is 6.16. The molecule has 0 atom stereocenters. The lowest BCUT2D eigenvalue weighted by atomic mass is 10.0. The van der Waals surface area contributed by atoms with Crippen LogP contribution >= 0.6 is 0 Å². The van der Waals surface area contributed by atoms with Crippen molar-refractivity contribution < 1.29 is 0 Å². The van der Waals surface area contributed by atoms with Gasteiger partial charge >= 0.3 is 0 Å². The number of aromatic nitrogens is 4. The minimum atomic E-state index is 0.628.